The van der Waals surface area contributed by atoms with Gasteiger partial charge in [-0.2, -0.15) is 18.3 Å². The highest BCUT2D eigenvalue weighted by molar-refractivity contribution is 7.91. The van der Waals surface area contributed by atoms with Crippen LogP contribution >= 0.6 is 0 Å². The Morgan fingerprint density at radius 2 is 2.00 bits per heavy atom. The lowest BCUT2D eigenvalue weighted by molar-refractivity contribution is -0.141. The fourth-order valence-corrected chi connectivity index (χ4v) is 2.39. The SMILES string of the molecule is Cc1nn(CC(F)(F)F)c2cnc(C=N[S+]([O-])C(C)(C)C)cc12. The first-order valence-electron chi connectivity index (χ1n) is 6.83. The van der Waals surface area contributed by atoms with Crippen LogP contribution in [0.5, 0.6) is 0 Å². The normalized spacial score (nSPS) is 14.8. The van der Waals surface area contributed by atoms with Gasteiger partial charge in [0.15, 0.2) is 0 Å². The fraction of sp³-hybridized carbons (Fsp3) is 0.500. The molecule has 1 atom stereocenters. The highest BCUT2D eigenvalue weighted by Gasteiger charge is 2.29. The lowest BCUT2D eigenvalue weighted by Gasteiger charge is -2.17. The van der Waals surface area contributed by atoms with Gasteiger partial charge in [-0.3, -0.25) is 9.67 Å². The van der Waals surface area contributed by atoms with Crippen molar-refractivity contribution in [3.8, 4) is 0 Å². The summed E-state index contributed by atoms with van der Waals surface area (Å²) in [5, 5.41) is 4.47. The maximum absolute atomic E-state index is 12.5. The summed E-state index contributed by atoms with van der Waals surface area (Å²) in [5.41, 5.74) is 1.19. The van der Waals surface area contributed by atoms with E-state index in [1.54, 1.807) is 33.8 Å². The van der Waals surface area contributed by atoms with Gasteiger partial charge in [0.2, 0.25) is 0 Å². The zero-order chi connectivity index (χ0) is 17.4. The number of aryl methyl sites for hydroxylation is 1. The molecule has 2 rings (SSSR count). The molecule has 5 nitrogen and oxygen atoms in total. The summed E-state index contributed by atoms with van der Waals surface area (Å²) in [6.45, 7) is 5.84. The van der Waals surface area contributed by atoms with Crippen LogP contribution in [0, 0.1) is 6.92 Å². The first kappa shape index (κ1) is 17.7. The minimum absolute atomic E-state index is 0.300. The topological polar surface area (TPSA) is 66.1 Å². The lowest BCUT2D eigenvalue weighted by Crippen LogP contribution is -2.25. The first-order valence-corrected chi connectivity index (χ1v) is 7.94. The third-order valence-corrected chi connectivity index (χ3v) is 4.32. The second-order valence-electron chi connectivity index (χ2n) is 6.08. The van der Waals surface area contributed by atoms with E-state index in [1.165, 1.54) is 12.4 Å². The van der Waals surface area contributed by atoms with E-state index >= 15 is 0 Å². The van der Waals surface area contributed by atoms with E-state index in [0.29, 0.717) is 22.3 Å². The Bertz CT molecular complexity index is 734. The van der Waals surface area contributed by atoms with E-state index in [1.807, 2.05) is 0 Å². The van der Waals surface area contributed by atoms with Crippen LogP contribution in [0.1, 0.15) is 32.2 Å². The predicted molar refractivity (Wildman–Crippen MR) is 83.8 cm³/mol. The molecular weight excluding hydrogens is 329 g/mol. The van der Waals surface area contributed by atoms with Gasteiger partial charge in [0.1, 0.15) is 28.9 Å². The van der Waals surface area contributed by atoms with E-state index in [9.17, 15) is 17.7 Å². The molecule has 0 amide bonds. The molecule has 0 spiro atoms. The molecule has 0 N–H and O–H groups in total. The fourth-order valence-electron chi connectivity index (χ4n) is 1.87. The number of aromatic nitrogens is 3. The summed E-state index contributed by atoms with van der Waals surface area (Å²) in [4.78, 5) is 4.05. The second-order valence-corrected chi connectivity index (χ2v) is 8.01. The molecule has 0 bridgehead atoms. The molecule has 2 aromatic rings. The van der Waals surface area contributed by atoms with Gasteiger partial charge in [0.25, 0.3) is 0 Å². The number of halogens is 3. The van der Waals surface area contributed by atoms with Crippen molar-refractivity contribution >= 4 is 28.5 Å². The molecule has 0 aliphatic carbocycles. The quantitative estimate of drug-likeness (QED) is 0.633. The number of alkyl halides is 3. The minimum Gasteiger partial charge on any atom is -0.591 e. The average molecular weight is 346 g/mol. The molecule has 0 saturated heterocycles. The molecule has 0 aliphatic heterocycles. The smallest absolute Gasteiger partial charge is 0.408 e. The van der Waals surface area contributed by atoms with E-state index in [4.69, 9.17) is 0 Å². The third kappa shape index (κ3) is 4.44. The summed E-state index contributed by atoms with van der Waals surface area (Å²) >= 11 is -1.43. The molecule has 23 heavy (non-hydrogen) atoms. The standard InChI is InChI=1S/C14H17F3N4OS/c1-9-11-5-10(6-19-23(22)13(2,3)4)18-7-12(11)21(20-9)8-14(15,16)17/h5-7H,8H2,1-4H3. The first-order chi connectivity index (χ1) is 10.5. The Labute approximate surface area is 134 Å². The number of rotatable bonds is 3. The van der Waals surface area contributed by atoms with Crippen LogP contribution in [0.25, 0.3) is 10.9 Å². The Balaban J connectivity index is 2.33. The number of fused-ring (bicyclic) bond motifs is 1. The van der Waals surface area contributed by atoms with Crippen molar-refractivity contribution < 1.29 is 17.7 Å². The van der Waals surface area contributed by atoms with Gasteiger partial charge in [-0.25, -0.2) is 0 Å². The molecule has 0 saturated carbocycles. The van der Waals surface area contributed by atoms with E-state index in [-0.39, 0.29) is 0 Å². The molecule has 2 heterocycles. The van der Waals surface area contributed by atoms with Gasteiger partial charge in [-0.1, -0.05) is 4.40 Å². The summed E-state index contributed by atoms with van der Waals surface area (Å²) in [6, 6.07) is 1.59. The Morgan fingerprint density at radius 3 is 2.57 bits per heavy atom. The molecule has 0 radical (unpaired) electrons. The Hall–Kier alpha value is -1.61. The van der Waals surface area contributed by atoms with Crippen molar-refractivity contribution in [3.63, 3.8) is 0 Å². The summed E-state index contributed by atoms with van der Waals surface area (Å²) in [5.74, 6) is 0. The van der Waals surface area contributed by atoms with Gasteiger partial charge in [0.05, 0.1) is 23.1 Å². The van der Waals surface area contributed by atoms with Crippen LogP contribution < -0.4 is 0 Å². The van der Waals surface area contributed by atoms with Gasteiger partial charge >= 0.3 is 6.18 Å². The second kappa shape index (κ2) is 6.12. The molecule has 126 valence electrons. The van der Waals surface area contributed by atoms with Crippen molar-refractivity contribution in [1.82, 2.24) is 14.8 Å². The van der Waals surface area contributed by atoms with Crippen molar-refractivity contribution in [2.75, 3.05) is 0 Å². The monoisotopic (exact) mass is 346 g/mol. The highest BCUT2D eigenvalue weighted by Crippen LogP contribution is 2.23. The van der Waals surface area contributed by atoms with Crippen molar-refractivity contribution in [1.29, 1.82) is 0 Å². The Kier molecular flexibility index (Phi) is 4.72. The Morgan fingerprint density at radius 1 is 1.35 bits per heavy atom. The van der Waals surface area contributed by atoms with E-state index in [0.717, 1.165) is 4.68 Å². The molecule has 0 aliphatic rings. The summed E-state index contributed by atoms with van der Waals surface area (Å²) in [7, 11) is 0. The largest absolute Gasteiger partial charge is 0.591 e. The van der Waals surface area contributed by atoms with Gasteiger partial charge < -0.3 is 4.55 Å². The molecule has 9 heteroatoms. The third-order valence-electron chi connectivity index (χ3n) is 2.98. The number of pyridine rings is 1. The summed E-state index contributed by atoms with van der Waals surface area (Å²) in [6.07, 6.45) is -1.67. The number of hydrogen-bond acceptors (Lipinski definition) is 4. The maximum atomic E-state index is 12.5. The predicted octanol–water partition coefficient (Wildman–Crippen LogP) is 3.18. The van der Waals surface area contributed by atoms with E-state index in [2.05, 4.69) is 14.5 Å². The van der Waals surface area contributed by atoms with Crippen LogP contribution in [0.15, 0.2) is 16.7 Å². The molecule has 2 aromatic heterocycles. The van der Waals surface area contributed by atoms with Crippen LogP contribution in [0.2, 0.25) is 0 Å². The van der Waals surface area contributed by atoms with Crippen LogP contribution in [0.3, 0.4) is 0 Å². The van der Waals surface area contributed by atoms with Gasteiger partial charge in [-0.15, -0.1) is 0 Å². The molecule has 0 fully saturated rings. The lowest BCUT2D eigenvalue weighted by atomic mass is 10.2. The number of hydrogen-bond donors (Lipinski definition) is 0. The van der Waals surface area contributed by atoms with Crippen LogP contribution in [-0.2, 0) is 17.9 Å². The minimum atomic E-state index is -4.35. The highest BCUT2D eigenvalue weighted by atomic mass is 32.2. The molecule has 0 aromatic carbocycles. The average Bonchev–Trinajstić information content (AvgIpc) is 2.69. The zero-order valence-electron chi connectivity index (χ0n) is 13.2. The van der Waals surface area contributed by atoms with E-state index < -0.39 is 28.8 Å². The zero-order valence-corrected chi connectivity index (χ0v) is 14.0. The van der Waals surface area contributed by atoms with Gasteiger partial charge in [0, 0.05) is 5.39 Å². The van der Waals surface area contributed by atoms with Crippen molar-refractivity contribution in [3.05, 3.63) is 23.7 Å². The number of nitrogens with zero attached hydrogens (tertiary/aromatic N) is 4. The van der Waals surface area contributed by atoms with Gasteiger partial charge in [-0.05, 0) is 33.8 Å². The van der Waals surface area contributed by atoms with Crippen LogP contribution in [-0.4, -0.2) is 36.5 Å². The van der Waals surface area contributed by atoms with Crippen molar-refractivity contribution in [2.24, 2.45) is 4.40 Å². The molecular formula is C14H17F3N4OS. The maximum Gasteiger partial charge on any atom is 0.408 e. The van der Waals surface area contributed by atoms with Crippen molar-refractivity contribution in [2.45, 2.75) is 45.2 Å². The molecule has 1 unspecified atom stereocenters. The summed E-state index contributed by atoms with van der Waals surface area (Å²) < 4.78 is 53.8. The van der Waals surface area contributed by atoms with Crippen LogP contribution in [0.4, 0.5) is 13.2 Å².